The third kappa shape index (κ3) is 12.3. The van der Waals surface area contributed by atoms with E-state index in [-0.39, 0.29) is 24.7 Å². The fourth-order valence-electron chi connectivity index (χ4n) is 4.03. The molecule has 0 aliphatic rings. The lowest BCUT2D eigenvalue weighted by Crippen LogP contribution is -2.31. The van der Waals surface area contributed by atoms with Crippen LogP contribution in [0.2, 0.25) is 0 Å². The van der Waals surface area contributed by atoms with Crippen LogP contribution in [-0.2, 0) is 20.6 Å². The van der Waals surface area contributed by atoms with E-state index in [0.29, 0.717) is 25.7 Å². The Bertz CT molecular complexity index is 703. The van der Waals surface area contributed by atoms with Gasteiger partial charge in [-0.2, -0.15) is 0 Å². The van der Waals surface area contributed by atoms with Crippen molar-refractivity contribution in [1.29, 1.82) is 0 Å². The molecule has 0 aromatic heterocycles. The van der Waals surface area contributed by atoms with E-state index in [1.54, 1.807) is 0 Å². The summed E-state index contributed by atoms with van der Waals surface area (Å²) in [5.41, 5.74) is -0.752. The monoisotopic (exact) mass is 524 g/mol. The Kier molecular flexibility index (Phi) is 16.5. The van der Waals surface area contributed by atoms with E-state index in [0.717, 1.165) is 19.3 Å². The first-order valence-corrected chi connectivity index (χ1v) is 13.5. The molecule has 1 rings (SSSR count). The molecule has 1 unspecified atom stereocenters. The van der Waals surface area contributed by atoms with Gasteiger partial charge in [0.15, 0.2) is 23.3 Å². The molecule has 1 aromatic rings. The number of hydrogen-bond acceptors (Lipinski definition) is 3. The van der Waals surface area contributed by atoms with Gasteiger partial charge < -0.3 is 14.2 Å². The van der Waals surface area contributed by atoms with Crippen molar-refractivity contribution >= 4 is 0 Å². The van der Waals surface area contributed by atoms with Crippen LogP contribution in [0.25, 0.3) is 0 Å². The summed E-state index contributed by atoms with van der Waals surface area (Å²) in [6.07, 6.45) is 10.9. The summed E-state index contributed by atoms with van der Waals surface area (Å²) in [4.78, 5) is 0. The summed E-state index contributed by atoms with van der Waals surface area (Å²) < 4.78 is 85.6. The quantitative estimate of drug-likeness (QED) is 0.0560. The normalized spacial score (nSPS) is 12.9. The molecule has 210 valence electrons. The smallest absolute Gasteiger partial charge is 0.272 e. The van der Waals surface area contributed by atoms with Crippen molar-refractivity contribution in [3.05, 3.63) is 34.6 Å². The molecule has 0 aliphatic heterocycles. The number of unbranched alkanes of at least 4 members (excludes halogenated alkanes) is 8. The summed E-state index contributed by atoms with van der Waals surface area (Å²) in [5, 5.41) is 0. The minimum Gasteiger partial charge on any atom is -0.327 e. The molecular formula is C28H45F5O3. The van der Waals surface area contributed by atoms with Gasteiger partial charge in [0.1, 0.15) is 0 Å². The molecule has 0 saturated carbocycles. The van der Waals surface area contributed by atoms with Crippen molar-refractivity contribution in [2.75, 3.05) is 0 Å². The minimum atomic E-state index is -2.12. The van der Waals surface area contributed by atoms with Crippen molar-refractivity contribution in [2.45, 2.75) is 143 Å². The zero-order chi connectivity index (χ0) is 27.1. The van der Waals surface area contributed by atoms with Gasteiger partial charge in [0.05, 0.1) is 18.3 Å². The van der Waals surface area contributed by atoms with Crippen LogP contribution < -0.4 is 0 Å². The van der Waals surface area contributed by atoms with Gasteiger partial charge >= 0.3 is 0 Å². The number of halogens is 5. The van der Waals surface area contributed by atoms with Crippen LogP contribution in [0, 0.1) is 29.1 Å². The Balaban J connectivity index is 2.62. The molecule has 3 nitrogen and oxygen atoms in total. The van der Waals surface area contributed by atoms with E-state index in [4.69, 9.17) is 14.2 Å². The Labute approximate surface area is 214 Å². The van der Waals surface area contributed by atoms with Gasteiger partial charge in [0, 0.05) is 5.56 Å². The van der Waals surface area contributed by atoms with Gasteiger partial charge in [-0.25, -0.2) is 22.0 Å². The van der Waals surface area contributed by atoms with Crippen molar-refractivity contribution in [3.63, 3.8) is 0 Å². The van der Waals surface area contributed by atoms with Crippen LogP contribution in [0.4, 0.5) is 22.0 Å². The average Bonchev–Trinajstić information content (AvgIpc) is 2.81. The molecule has 8 heteroatoms. The number of ether oxygens (including phenoxy) is 3. The largest absolute Gasteiger partial charge is 0.327 e. The lowest BCUT2D eigenvalue weighted by molar-refractivity contribution is -0.327. The average molecular weight is 525 g/mol. The topological polar surface area (TPSA) is 27.7 Å². The van der Waals surface area contributed by atoms with E-state index < -0.39 is 41.1 Å². The van der Waals surface area contributed by atoms with Crippen LogP contribution in [0.15, 0.2) is 0 Å². The highest BCUT2D eigenvalue weighted by Crippen LogP contribution is 2.25. The summed E-state index contributed by atoms with van der Waals surface area (Å²) in [7, 11) is 0. The molecule has 36 heavy (non-hydrogen) atoms. The molecular weight excluding hydrogens is 479 g/mol. The molecule has 0 saturated heterocycles. The highest BCUT2D eigenvalue weighted by atomic mass is 19.2. The first-order valence-electron chi connectivity index (χ1n) is 13.5. The van der Waals surface area contributed by atoms with Gasteiger partial charge in [0.2, 0.25) is 5.82 Å². The Morgan fingerprint density at radius 2 is 0.944 bits per heavy atom. The maximum absolute atomic E-state index is 13.9. The molecule has 0 fully saturated rings. The third-order valence-electron chi connectivity index (χ3n) is 5.95. The molecule has 1 aromatic carbocycles. The second-order valence-corrected chi connectivity index (χ2v) is 9.97. The first kappa shape index (κ1) is 32.8. The van der Waals surface area contributed by atoms with Crippen LogP contribution in [0.1, 0.15) is 117 Å². The Morgan fingerprint density at radius 3 is 1.42 bits per heavy atom. The minimum absolute atomic E-state index is 0.0748. The predicted molar refractivity (Wildman–Crippen MR) is 132 cm³/mol. The number of benzene rings is 1. The van der Waals surface area contributed by atoms with E-state index in [1.807, 2.05) is 27.7 Å². The maximum Gasteiger partial charge on any atom is 0.272 e. The van der Waals surface area contributed by atoms with E-state index >= 15 is 0 Å². The summed E-state index contributed by atoms with van der Waals surface area (Å²) in [6.45, 7) is 9.04. The van der Waals surface area contributed by atoms with E-state index in [9.17, 15) is 22.0 Å². The van der Waals surface area contributed by atoms with Gasteiger partial charge in [-0.3, -0.25) is 0 Å². The van der Waals surface area contributed by atoms with Crippen molar-refractivity contribution < 1.29 is 36.2 Å². The van der Waals surface area contributed by atoms with Gasteiger partial charge in [0.25, 0.3) is 6.48 Å². The molecule has 0 aliphatic carbocycles. The fraction of sp³-hybridized carbons (Fsp3) is 0.786. The third-order valence-corrected chi connectivity index (χ3v) is 5.95. The SMILES string of the molecule is CCCCCCCCCC(CCCCCc1c(F)c(F)c(F)c(F)c1F)OC(OC(C)C)OC(C)C. The standard InChI is InChI=1S/C28H45F5O3/c1-6-7-8-9-10-11-13-16-21(36-28(34-19(2)3)35-20(4)5)17-14-12-15-18-22-23(29)25(31)27(33)26(32)24(22)30/h19-21,28H,6-18H2,1-5H3. The molecule has 0 bridgehead atoms. The highest BCUT2D eigenvalue weighted by Gasteiger charge is 2.25. The second kappa shape index (κ2) is 18.1. The van der Waals surface area contributed by atoms with E-state index in [1.165, 1.54) is 32.1 Å². The van der Waals surface area contributed by atoms with Crippen LogP contribution in [0.3, 0.4) is 0 Å². The lowest BCUT2D eigenvalue weighted by atomic mass is 10.0. The predicted octanol–water partition coefficient (Wildman–Crippen LogP) is 9.14. The molecule has 0 radical (unpaired) electrons. The zero-order valence-corrected chi connectivity index (χ0v) is 22.6. The second-order valence-electron chi connectivity index (χ2n) is 9.97. The molecule has 0 N–H and O–H groups in total. The zero-order valence-electron chi connectivity index (χ0n) is 22.6. The molecule has 0 spiro atoms. The molecule has 0 amide bonds. The summed E-state index contributed by atoms with van der Waals surface area (Å²) in [6, 6.07) is 0. The number of rotatable bonds is 20. The fourth-order valence-corrected chi connectivity index (χ4v) is 4.03. The van der Waals surface area contributed by atoms with Crippen molar-refractivity contribution in [1.82, 2.24) is 0 Å². The van der Waals surface area contributed by atoms with Crippen LogP contribution in [-0.4, -0.2) is 24.8 Å². The first-order chi connectivity index (χ1) is 17.1. The van der Waals surface area contributed by atoms with Crippen LogP contribution >= 0.6 is 0 Å². The Morgan fingerprint density at radius 1 is 0.528 bits per heavy atom. The number of hydrogen-bond donors (Lipinski definition) is 0. The molecule has 1 atom stereocenters. The summed E-state index contributed by atoms with van der Waals surface area (Å²) >= 11 is 0. The van der Waals surface area contributed by atoms with E-state index in [2.05, 4.69) is 6.92 Å². The van der Waals surface area contributed by atoms with Crippen molar-refractivity contribution in [2.24, 2.45) is 0 Å². The van der Waals surface area contributed by atoms with Crippen LogP contribution in [0.5, 0.6) is 0 Å². The summed E-state index contributed by atoms with van der Waals surface area (Å²) in [5.74, 6) is -9.40. The Hall–Kier alpha value is -1.25. The maximum atomic E-state index is 13.9. The van der Waals surface area contributed by atoms with Gasteiger partial charge in [-0.1, -0.05) is 64.7 Å². The van der Waals surface area contributed by atoms with Crippen molar-refractivity contribution in [3.8, 4) is 0 Å². The highest BCUT2D eigenvalue weighted by molar-refractivity contribution is 5.24. The lowest BCUT2D eigenvalue weighted by Gasteiger charge is -2.28. The van der Waals surface area contributed by atoms with Gasteiger partial charge in [-0.05, 0) is 53.4 Å². The van der Waals surface area contributed by atoms with Gasteiger partial charge in [-0.15, -0.1) is 0 Å². The molecule has 0 heterocycles.